The van der Waals surface area contributed by atoms with Crippen LogP contribution in [0.1, 0.15) is 38.1 Å². The lowest BCUT2D eigenvalue weighted by molar-refractivity contribution is -0.0586. The zero-order valence-corrected chi connectivity index (χ0v) is 17.1. The molecule has 0 unspecified atom stereocenters. The number of hydrogen-bond acceptors (Lipinski definition) is 5. The molecule has 1 aromatic rings. The van der Waals surface area contributed by atoms with E-state index in [1.54, 1.807) is 23.1 Å². The minimum Gasteiger partial charge on any atom is -0.373 e. The molecule has 0 saturated carbocycles. The number of amides is 1. The molecule has 2 heterocycles. The number of carbonyl (C=O) groups is 1. The lowest BCUT2D eigenvalue weighted by Gasteiger charge is -2.35. The molecular formula is C19H28N2O5S. The van der Waals surface area contributed by atoms with Crippen LogP contribution in [0.5, 0.6) is 0 Å². The van der Waals surface area contributed by atoms with Gasteiger partial charge in [0.05, 0.1) is 29.3 Å². The maximum absolute atomic E-state index is 13.1. The van der Waals surface area contributed by atoms with E-state index in [-0.39, 0.29) is 35.2 Å². The fourth-order valence-electron chi connectivity index (χ4n) is 3.79. The van der Waals surface area contributed by atoms with E-state index < -0.39 is 10.0 Å². The van der Waals surface area contributed by atoms with Crippen molar-refractivity contribution in [3.63, 3.8) is 0 Å². The van der Waals surface area contributed by atoms with Gasteiger partial charge in [-0.25, -0.2) is 8.42 Å². The second kappa shape index (κ2) is 7.87. The van der Waals surface area contributed by atoms with Crippen LogP contribution in [0.2, 0.25) is 0 Å². The quantitative estimate of drug-likeness (QED) is 0.778. The average Bonchev–Trinajstić information content (AvgIpc) is 2.59. The van der Waals surface area contributed by atoms with Crippen molar-refractivity contribution < 1.29 is 22.7 Å². The van der Waals surface area contributed by atoms with Crippen molar-refractivity contribution >= 4 is 15.9 Å². The third-order valence-electron chi connectivity index (χ3n) is 4.81. The molecule has 2 aliphatic heterocycles. The topological polar surface area (TPSA) is 76.2 Å². The SMILES string of the molecule is C[C@@H]1CN(C(=O)c2cccc(S(=O)(=O)N3C[C@@H](C)O[C@@H](C)C3)c2)C[C@H](C)O1. The first-order chi connectivity index (χ1) is 12.7. The van der Waals surface area contributed by atoms with Crippen LogP contribution in [0.4, 0.5) is 0 Å². The van der Waals surface area contributed by atoms with Crippen LogP contribution in [-0.2, 0) is 19.5 Å². The van der Waals surface area contributed by atoms with Crippen molar-refractivity contribution in [2.75, 3.05) is 26.2 Å². The third kappa shape index (κ3) is 4.51. The van der Waals surface area contributed by atoms with E-state index in [0.29, 0.717) is 31.7 Å². The Morgan fingerprint density at radius 3 is 2.00 bits per heavy atom. The summed E-state index contributed by atoms with van der Waals surface area (Å²) in [5.41, 5.74) is 0.381. The van der Waals surface area contributed by atoms with Gasteiger partial charge in [-0.15, -0.1) is 0 Å². The first-order valence-corrected chi connectivity index (χ1v) is 10.8. The second-order valence-corrected chi connectivity index (χ2v) is 9.51. The van der Waals surface area contributed by atoms with E-state index in [9.17, 15) is 13.2 Å². The average molecular weight is 397 g/mol. The summed E-state index contributed by atoms with van der Waals surface area (Å²) in [5.74, 6) is -0.169. The Hall–Kier alpha value is -1.48. The molecule has 150 valence electrons. The molecule has 2 saturated heterocycles. The monoisotopic (exact) mass is 396 g/mol. The summed E-state index contributed by atoms with van der Waals surface area (Å²) in [6.07, 6.45) is -0.406. The predicted molar refractivity (Wildman–Crippen MR) is 101 cm³/mol. The number of carbonyl (C=O) groups excluding carboxylic acids is 1. The molecule has 7 nitrogen and oxygen atoms in total. The van der Waals surface area contributed by atoms with Gasteiger partial charge in [-0.1, -0.05) is 6.07 Å². The molecule has 0 bridgehead atoms. The van der Waals surface area contributed by atoms with Crippen molar-refractivity contribution in [1.82, 2.24) is 9.21 Å². The number of nitrogens with zero attached hydrogens (tertiary/aromatic N) is 2. The van der Waals surface area contributed by atoms with Gasteiger partial charge in [0, 0.05) is 31.7 Å². The maximum Gasteiger partial charge on any atom is 0.254 e. The Labute approximate surface area is 161 Å². The Morgan fingerprint density at radius 1 is 0.926 bits per heavy atom. The summed E-state index contributed by atoms with van der Waals surface area (Å²) in [6.45, 7) is 9.19. The lowest BCUT2D eigenvalue weighted by atomic mass is 10.1. The summed E-state index contributed by atoms with van der Waals surface area (Å²) in [7, 11) is -3.68. The van der Waals surface area contributed by atoms with Gasteiger partial charge in [0.2, 0.25) is 10.0 Å². The summed E-state index contributed by atoms with van der Waals surface area (Å²) in [5, 5.41) is 0. The number of rotatable bonds is 3. The highest BCUT2D eigenvalue weighted by atomic mass is 32.2. The zero-order chi connectivity index (χ0) is 19.8. The maximum atomic E-state index is 13.1. The molecule has 2 aliphatic rings. The molecule has 1 aromatic carbocycles. The normalized spacial score (nSPS) is 30.3. The lowest BCUT2D eigenvalue weighted by Crippen LogP contribution is -2.48. The number of morpholine rings is 2. The van der Waals surface area contributed by atoms with Gasteiger partial charge < -0.3 is 14.4 Å². The van der Waals surface area contributed by atoms with Crippen molar-refractivity contribution in [2.45, 2.75) is 57.0 Å². The van der Waals surface area contributed by atoms with Crippen molar-refractivity contribution in [3.05, 3.63) is 29.8 Å². The highest BCUT2D eigenvalue weighted by Gasteiger charge is 2.33. The van der Waals surface area contributed by atoms with E-state index in [0.717, 1.165) is 0 Å². The van der Waals surface area contributed by atoms with Crippen LogP contribution in [0.25, 0.3) is 0 Å². The molecular weight excluding hydrogens is 368 g/mol. The van der Waals surface area contributed by atoms with Crippen LogP contribution in [0.3, 0.4) is 0 Å². The Bertz CT molecular complexity index is 777. The number of hydrogen-bond donors (Lipinski definition) is 0. The smallest absolute Gasteiger partial charge is 0.254 e. The highest BCUT2D eigenvalue weighted by Crippen LogP contribution is 2.23. The summed E-state index contributed by atoms with van der Waals surface area (Å²) in [6, 6.07) is 6.31. The van der Waals surface area contributed by atoms with E-state index in [4.69, 9.17) is 9.47 Å². The molecule has 0 spiro atoms. The first-order valence-electron chi connectivity index (χ1n) is 9.37. The Morgan fingerprint density at radius 2 is 1.44 bits per heavy atom. The van der Waals surface area contributed by atoms with Crippen LogP contribution < -0.4 is 0 Å². The van der Waals surface area contributed by atoms with Gasteiger partial charge in [0.1, 0.15) is 0 Å². The minimum atomic E-state index is -3.68. The predicted octanol–water partition coefficient (Wildman–Crippen LogP) is 1.73. The molecule has 0 radical (unpaired) electrons. The Balaban J connectivity index is 1.83. The van der Waals surface area contributed by atoms with Gasteiger partial charge in [-0.05, 0) is 45.9 Å². The standard InChI is InChI=1S/C19H28N2O5S/c1-13-9-20(10-14(2)25-13)19(22)17-6-5-7-18(8-17)27(23,24)21-11-15(3)26-16(4)12-21/h5-8,13-16H,9-12H2,1-4H3/t13-,14+,15-,16+. The largest absolute Gasteiger partial charge is 0.373 e. The van der Waals surface area contributed by atoms with E-state index in [2.05, 4.69) is 0 Å². The van der Waals surface area contributed by atoms with Gasteiger partial charge in [0.25, 0.3) is 5.91 Å². The third-order valence-corrected chi connectivity index (χ3v) is 6.64. The van der Waals surface area contributed by atoms with Gasteiger partial charge in [0.15, 0.2) is 0 Å². The van der Waals surface area contributed by atoms with Crippen molar-refractivity contribution in [1.29, 1.82) is 0 Å². The fraction of sp³-hybridized carbons (Fsp3) is 0.632. The van der Waals surface area contributed by atoms with Gasteiger partial charge >= 0.3 is 0 Å². The van der Waals surface area contributed by atoms with Crippen LogP contribution in [0.15, 0.2) is 29.2 Å². The number of sulfonamides is 1. The van der Waals surface area contributed by atoms with Crippen LogP contribution in [0, 0.1) is 0 Å². The molecule has 0 N–H and O–H groups in total. The molecule has 3 rings (SSSR count). The van der Waals surface area contributed by atoms with E-state index >= 15 is 0 Å². The summed E-state index contributed by atoms with van der Waals surface area (Å²) >= 11 is 0. The minimum absolute atomic E-state index is 0.0408. The highest BCUT2D eigenvalue weighted by molar-refractivity contribution is 7.89. The van der Waals surface area contributed by atoms with Crippen LogP contribution in [-0.4, -0.2) is 74.1 Å². The second-order valence-electron chi connectivity index (χ2n) is 7.57. The van der Waals surface area contributed by atoms with E-state index in [1.165, 1.54) is 10.4 Å². The van der Waals surface area contributed by atoms with Crippen molar-refractivity contribution in [2.24, 2.45) is 0 Å². The Kier molecular flexibility index (Phi) is 5.90. The molecule has 1 amide bonds. The summed E-state index contributed by atoms with van der Waals surface area (Å²) < 4.78 is 38.9. The molecule has 27 heavy (non-hydrogen) atoms. The molecule has 2 fully saturated rings. The van der Waals surface area contributed by atoms with Gasteiger partial charge in [-0.2, -0.15) is 4.31 Å². The number of ether oxygens (including phenoxy) is 2. The summed E-state index contributed by atoms with van der Waals surface area (Å²) in [4.78, 5) is 14.8. The molecule has 8 heteroatoms. The zero-order valence-electron chi connectivity index (χ0n) is 16.3. The first kappa shape index (κ1) is 20.3. The van der Waals surface area contributed by atoms with Gasteiger partial charge in [-0.3, -0.25) is 4.79 Å². The van der Waals surface area contributed by atoms with Crippen molar-refractivity contribution in [3.8, 4) is 0 Å². The molecule has 4 atom stereocenters. The van der Waals surface area contributed by atoms with Crippen LogP contribution >= 0.6 is 0 Å². The molecule has 0 aliphatic carbocycles. The fourth-order valence-corrected chi connectivity index (χ4v) is 5.43. The molecule has 0 aromatic heterocycles. The van der Waals surface area contributed by atoms with E-state index in [1.807, 2.05) is 27.7 Å². The number of benzene rings is 1.